The van der Waals surface area contributed by atoms with Crippen molar-refractivity contribution < 1.29 is 9.47 Å². The largest absolute Gasteiger partial charge is 0.493 e. The number of fused-ring (bicyclic) bond motifs is 3. The van der Waals surface area contributed by atoms with Gasteiger partial charge in [-0.3, -0.25) is 4.40 Å². The Bertz CT molecular complexity index is 1400. The Morgan fingerprint density at radius 2 is 1.91 bits per heavy atom. The van der Waals surface area contributed by atoms with E-state index in [2.05, 4.69) is 52.3 Å². The van der Waals surface area contributed by atoms with Crippen molar-refractivity contribution in [2.24, 2.45) is 0 Å². The summed E-state index contributed by atoms with van der Waals surface area (Å²) >= 11 is 0. The first kappa shape index (κ1) is 20.0. The van der Waals surface area contributed by atoms with E-state index >= 15 is 0 Å². The summed E-state index contributed by atoms with van der Waals surface area (Å²) < 4.78 is 15.2. The van der Waals surface area contributed by atoms with Gasteiger partial charge in [0.05, 0.1) is 24.4 Å². The third kappa shape index (κ3) is 3.53. The fourth-order valence-electron chi connectivity index (χ4n) is 3.83. The SMILES string of the molecule is CCCc1ccc(OCc2nnc3c4cnn(-c5cccc(C)c5)c4ncn23)c(OC)c1. The Labute approximate surface area is 185 Å². The second-order valence-corrected chi connectivity index (χ2v) is 7.71. The smallest absolute Gasteiger partial charge is 0.176 e. The molecule has 0 atom stereocenters. The molecule has 5 aromatic rings. The van der Waals surface area contributed by atoms with Gasteiger partial charge in [-0.2, -0.15) is 5.10 Å². The van der Waals surface area contributed by atoms with Crippen molar-refractivity contribution in [2.75, 3.05) is 7.11 Å². The molecule has 8 nitrogen and oxygen atoms in total. The quantitative estimate of drug-likeness (QED) is 0.384. The highest BCUT2D eigenvalue weighted by atomic mass is 16.5. The molecule has 162 valence electrons. The fourth-order valence-corrected chi connectivity index (χ4v) is 3.83. The highest BCUT2D eigenvalue weighted by molar-refractivity contribution is 5.89. The van der Waals surface area contributed by atoms with Crippen molar-refractivity contribution in [2.45, 2.75) is 33.3 Å². The van der Waals surface area contributed by atoms with Crippen LogP contribution in [-0.4, -0.2) is 36.5 Å². The molecule has 0 N–H and O–H groups in total. The van der Waals surface area contributed by atoms with Crippen molar-refractivity contribution in [3.05, 3.63) is 71.9 Å². The molecule has 2 aromatic carbocycles. The maximum atomic E-state index is 6.02. The molecule has 0 aliphatic rings. The summed E-state index contributed by atoms with van der Waals surface area (Å²) in [6.07, 6.45) is 5.57. The zero-order valence-electron chi connectivity index (χ0n) is 18.3. The fraction of sp³-hybridized carbons (Fsp3) is 0.250. The van der Waals surface area contributed by atoms with E-state index in [1.54, 1.807) is 19.6 Å². The molecule has 0 fully saturated rings. The van der Waals surface area contributed by atoms with E-state index in [1.165, 1.54) is 5.56 Å². The van der Waals surface area contributed by atoms with Gasteiger partial charge < -0.3 is 9.47 Å². The molecule has 0 amide bonds. The minimum Gasteiger partial charge on any atom is -0.493 e. The lowest BCUT2D eigenvalue weighted by Gasteiger charge is -2.11. The van der Waals surface area contributed by atoms with Crippen LogP contribution in [0.3, 0.4) is 0 Å². The molecule has 0 saturated carbocycles. The molecule has 0 aliphatic heterocycles. The molecule has 8 heteroatoms. The number of methoxy groups -OCH3 is 1. The molecular formula is C24H24N6O2. The standard InChI is InChI=1S/C24H24N6O2/c1-4-6-17-9-10-20(21(12-17)31-3)32-14-22-27-28-24-19-13-26-30(23(19)25-15-29(22)24)18-8-5-7-16(2)11-18/h5,7-13,15H,4,6,14H2,1-3H3. The van der Waals surface area contributed by atoms with E-state index in [1.807, 2.05) is 33.3 Å². The first-order valence-electron chi connectivity index (χ1n) is 10.6. The van der Waals surface area contributed by atoms with Crippen LogP contribution in [0.5, 0.6) is 11.5 Å². The van der Waals surface area contributed by atoms with Crippen LogP contribution in [0.1, 0.15) is 30.3 Å². The predicted molar refractivity (Wildman–Crippen MR) is 121 cm³/mol. The topological polar surface area (TPSA) is 79.4 Å². The van der Waals surface area contributed by atoms with E-state index in [0.717, 1.165) is 35.1 Å². The third-order valence-corrected chi connectivity index (χ3v) is 5.42. The van der Waals surface area contributed by atoms with Gasteiger partial charge in [-0.15, -0.1) is 10.2 Å². The van der Waals surface area contributed by atoms with Gasteiger partial charge in [0.2, 0.25) is 0 Å². The molecule has 32 heavy (non-hydrogen) atoms. The number of nitrogens with zero attached hydrogens (tertiary/aromatic N) is 6. The number of rotatable bonds is 7. The summed E-state index contributed by atoms with van der Waals surface area (Å²) in [4.78, 5) is 4.63. The Morgan fingerprint density at radius 3 is 2.72 bits per heavy atom. The molecule has 0 aliphatic carbocycles. The van der Waals surface area contributed by atoms with Gasteiger partial charge in [0.1, 0.15) is 12.9 Å². The molecule has 0 unspecified atom stereocenters. The zero-order valence-corrected chi connectivity index (χ0v) is 18.3. The average molecular weight is 428 g/mol. The van der Waals surface area contributed by atoms with Crippen molar-refractivity contribution >= 4 is 16.7 Å². The molecule has 0 radical (unpaired) electrons. The van der Waals surface area contributed by atoms with Crippen LogP contribution in [0, 0.1) is 6.92 Å². The maximum Gasteiger partial charge on any atom is 0.176 e. The molecule has 0 bridgehead atoms. The minimum atomic E-state index is 0.240. The predicted octanol–water partition coefficient (Wildman–Crippen LogP) is 4.31. The van der Waals surface area contributed by atoms with E-state index in [-0.39, 0.29) is 6.61 Å². The lowest BCUT2D eigenvalue weighted by Crippen LogP contribution is -2.04. The Kier molecular flexibility index (Phi) is 5.18. The number of aryl methyl sites for hydroxylation is 2. The lowest BCUT2D eigenvalue weighted by molar-refractivity contribution is 0.275. The van der Waals surface area contributed by atoms with Crippen LogP contribution in [0.15, 0.2) is 55.0 Å². The van der Waals surface area contributed by atoms with Crippen LogP contribution < -0.4 is 9.47 Å². The van der Waals surface area contributed by atoms with Gasteiger partial charge >= 0.3 is 0 Å². The van der Waals surface area contributed by atoms with E-state index in [4.69, 9.17) is 9.47 Å². The third-order valence-electron chi connectivity index (χ3n) is 5.42. The van der Waals surface area contributed by atoms with Crippen molar-refractivity contribution in [1.29, 1.82) is 0 Å². The van der Waals surface area contributed by atoms with Gasteiger partial charge in [-0.25, -0.2) is 9.67 Å². The van der Waals surface area contributed by atoms with Crippen molar-refractivity contribution in [3.63, 3.8) is 0 Å². The van der Waals surface area contributed by atoms with E-state index in [0.29, 0.717) is 23.0 Å². The molecule has 0 saturated heterocycles. The summed E-state index contributed by atoms with van der Waals surface area (Å²) in [6.45, 7) is 4.45. The summed E-state index contributed by atoms with van der Waals surface area (Å²) in [7, 11) is 1.65. The van der Waals surface area contributed by atoms with Gasteiger partial charge in [-0.1, -0.05) is 31.5 Å². The Hall–Kier alpha value is -3.94. The summed E-state index contributed by atoms with van der Waals surface area (Å²) in [6, 6.07) is 14.2. The number of ether oxygens (including phenoxy) is 2. The first-order valence-corrected chi connectivity index (χ1v) is 10.6. The normalized spacial score (nSPS) is 11.3. The summed E-state index contributed by atoms with van der Waals surface area (Å²) in [5.74, 6) is 2.03. The molecule has 3 heterocycles. The zero-order chi connectivity index (χ0) is 22.1. The lowest BCUT2D eigenvalue weighted by atomic mass is 10.1. The number of aromatic nitrogens is 6. The molecular weight excluding hydrogens is 404 g/mol. The van der Waals surface area contributed by atoms with Gasteiger partial charge in [0.15, 0.2) is 28.6 Å². The van der Waals surface area contributed by atoms with Crippen LogP contribution in [0.4, 0.5) is 0 Å². The van der Waals surface area contributed by atoms with Crippen LogP contribution in [0.25, 0.3) is 22.4 Å². The van der Waals surface area contributed by atoms with Crippen molar-refractivity contribution in [3.8, 4) is 17.2 Å². The van der Waals surface area contributed by atoms with Gasteiger partial charge in [-0.05, 0) is 48.7 Å². The number of hydrogen-bond acceptors (Lipinski definition) is 6. The molecule has 5 rings (SSSR count). The van der Waals surface area contributed by atoms with Crippen LogP contribution >= 0.6 is 0 Å². The minimum absolute atomic E-state index is 0.240. The van der Waals surface area contributed by atoms with Gasteiger partial charge in [0, 0.05) is 0 Å². The first-order chi connectivity index (χ1) is 15.7. The number of hydrogen-bond donors (Lipinski definition) is 0. The van der Waals surface area contributed by atoms with Crippen LogP contribution in [-0.2, 0) is 13.0 Å². The molecule has 0 spiro atoms. The molecule has 3 aromatic heterocycles. The summed E-state index contributed by atoms with van der Waals surface area (Å²) in [5, 5.41) is 14.1. The second-order valence-electron chi connectivity index (χ2n) is 7.71. The van der Waals surface area contributed by atoms with E-state index < -0.39 is 0 Å². The van der Waals surface area contributed by atoms with Crippen LogP contribution in [0.2, 0.25) is 0 Å². The van der Waals surface area contributed by atoms with Crippen molar-refractivity contribution in [1.82, 2.24) is 29.4 Å². The number of benzene rings is 2. The maximum absolute atomic E-state index is 6.02. The highest BCUT2D eigenvalue weighted by Gasteiger charge is 2.15. The highest BCUT2D eigenvalue weighted by Crippen LogP contribution is 2.29. The Balaban J connectivity index is 1.45. The monoisotopic (exact) mass is 428 g/mol. The Morgan fingerprint density at radius 1 is 1.00 bits per heavy atom. The van der Waals surface area contributed by atoms with E-state index in [9.17, 15) is 0 Å². The average Bonchev–Trinajstić information content (AvgIpc) is 3.42. The summed E-state index contributed by atoms with van der Waals surface area (Å²) in [5.41, 5.74) is 4.77. The second kappa shape index (κ2) is 8.30. The van der Waals surface area contributed by atoms with Gasteiger partial charge in [0.25, 0.3) is 0 Å².